The van der Waals surface area contributed by atoms with Gasteiger partial charge in [0.05, 0.1) is 11.2 Å². The van der Waals surface area contributed by atoms with Crippen molar-refractivity contribution in [3.05, 3.63) is 58.4 Å². The van der Waals surface area contributed by atoms with E-state index in [2.05, 4.69) is 19.9 Å². The van der Waals surface area contributed by atoms with Gasteiger partial charge in [0.25, 0.3) is 0 Å². The monoisotopic (exact) mass is 489 g/mol. The van der Waals surface area contributed by atoms with Crippen LogP contribution in [-0.2, 0) is 6.42 Å². The Morgan fingerprint density at radius 2 is 1.85 bits per heavy atom. The first-order chi connectivity index (χ1) is 15.8. The van der Waals surface area contributed by atoms with Gasteiger partial charge in [0, 0.05) is 35.8 Å². The predicted octanol–water partition coefficient (Wildman–Crippen LogP) is 3.96. The van der Waals surface area contributed by atoms with Crippen molar-refractivity contribution >= 4 is 40.8 Å². The average Bonchev–Trinajstić information content (AvgIpc) is 3.07. The smallest absolute Gasteiger partial charge is 0.163 e. The van der Waals surface area contributed by atoms with Crippen LogP contribution >= 0.6 is 23.4 Å². The molecule has 1 aromatic carbocycles. The van der Waals surface area contributed by atoms with E-state index >= 15 is 0 Å². The summed E-state index contributed by atoms with van der Waals surface area (Å²) in [6.07, 6.45) is 5.35. The number of anilines is 3. The number of aromatic nitrogens is 3. The van der Waals surface area contributed by atoms with Crippen LogP contribution in [0.5, 0.6) is 0 Å². The zero-order valence-electron chi connectivity index (χ0n) is 17.6. The van der Waals surface area contributed by atoms with E-state index in [9.17, 15) is 8.78 Å². The average molecular weight is 490 g/mol. The molecule has 7 nitrogen and oxygen atoms in total. The summed E-state index contributed by atoms with van der Waals surface area (Å²) < 4.78 is 28.2. The third-order valence-corrected chi connectivity index (χ3v) is 8.24. The molecular formula is C22H22ClF2N7S. The Morgan fingerprint density at radius 1 is 1.09 bits per heavy atom. The largest absolute Gasteiger partial charge is 0.382 e. The second kappa shape index (κ2) is 8.27. The Morgan fingerprint density at radius 3 is 2.58 bits per heavy atom. The van der Waals surface area contributed by atoms with E-state index in [1.807, 2.05) is 0 Å². The van der Waals surface area contributed by atoms with E-state index in [-0.39, 0.29) is 17.1 Å². The molecule has 2 aromatic heterocycles. The molecule has 0 unspecified atom stereocenters. The number of hydrogen-bond acceptors (Lipinski definition) is 8. The molecule has 1 fully saturated rings. The molecule has 1 aliphatic heterocycles. The minimum absolute atomic E-state index is 0.238. The van der Waals surface area contributed by atoms with E-state index in [1.165, 1.54) is 17.8 Å². The van der Waals surface area contributed by atoms with E-state index in [0.717, 1.165) is 18.4 Å². The van der Waals surface area contributed by atoms with Crippen molar-refractivity contribution in [1.29, 1.82) is 0 Å². The van der Waals surface area contributed by atoms with Gasteiger partial charge in [0.2, 0.25) is 0 Å². The fourth-order valence-corrected chi connectivity index (χ4v) is 5.81. The minimum atomic E-state index is -0.849. The molecule has 1 saturated heterocycles. The lowest BCUT2D eigenvalue weighted by atomic mass is 9.73. The Labute approximate surface area is 198 Å². The normalized spacial score (nSPS) is 19.2. The van der Waals surface area contributed by atoms with E-state index in [1.54, 1.807) is 24.5 Å². The first-order valence-corrected chi connectivity index (χ1v) is 11.7. The van der Waals surface area contributed by atoms with Gasteiger partial charge < -0.3 is 22.1 Å². The number of hydrogen-bond donors (Lipinski definition) is 3. The predicted molar refractivity (Wildman–Crippen MR) is 125 cm³/mol. The molecule has 172 valence electrons. The van der Waals surface area contributed by atoms with Crippen LogP contribution < -0.4 is 22.1 Å². The second-order valence-electron chi connectivity index (χ2n) is 8.47. The van der Waals surface area contributed by atoms with Crippen molar-refractivity contribution in [2.75, 3.05) is 29.5 Å². The lowest BCUT2D eigenvalue weighted by Gasteiger charge is -2.42. The lowest BCUT2D eigenvalue weighted by molar-refractivity contribution is 0.185. The number of nitrogens with two attached hydrogens (primary N) is 3. The summed E-state index contributed by atoms with van der Waals surface area (Å²) in [6.45, 7) is 1.33. The fraction of sp³-hybridized carbons (Fsp3) is 0.318. The number of rotatable bonds is 3. The van der Waals surface area contributed by atoms with E-state index in [4.69, 9.17) is 28.8 Å². The summed E-state index contributed by atoms with van der Waals surface area (Å²) in [7, 11) is 0. The van der Waals surface area contributed by atoms with Crippen molar-refractivity contribution in [2.45, 2.75) is 35.2 Å². The third-order valence-electron chi connectivity index (χ3n) is 6.66. The van der Waals surface area contributed by atoms with Crippen molar-refractivity contribution in [2.24, 2.45) is 11.1 Å². The van der Waals surface area contributed by atoms with Crippen LogP contribution in [0.25, 0.3) is 0 Å². The highest BCUT2D eigenvalue weighted by Gasteiger charge is 2.47. The molecule has 1 aliphatic carbocycles. The maximum Gasteiger partial charge on any atom is 0.163 e. The van der Waals surface area contributed by atoms with Gasteiger partial charge in [0.15, 0.2) is 17.5 Å². The van der Waals surface area contributed by atoms with Gasteiger partial charge in [-0.1, -0.05) is 29.4 Å². The summed E-state index contributed by atoms with van der Waals surface area (Å²) in [5, 5.41) is 0.866. The van der Waals surface area contributed by atoms with E-state index in [0.29, 0.717) is 45.8 Å². The van der Waals surface area contributed by atoms with Crippen LogP contribution in [0.1, 0.15) is 30.0 Å². The number of pyridine rings is 1. The standard InChI is InChI=1S/C22H22ClF2N7S/c23-16-13(3-6-29-19(16)27)33-21-20(28)31-14(10-30-21)32-7-4-22(5-8-32)9-11-1-2-12(24)17(25)15(11)18(22)26/h1-3,6,10,18H,4-5,7-9,26H2,(H2,27,29)(H2,28,31)/t18-/m1/s1. The minimum Gasteiger partial charge on any atom is -0.382 e. The van der Waals surface area contributed by atoms with Gasteiger partial charge >= 0.3 is 0 Å². The maximum atomic E-state index is 14.4. The Kier molecular flexibility index (Phi) is 5.54. The van der Waals surface area contributed by atoms with Gasteiger partial charge in [-0.25, -0.2) is 23.7 Å². The molecule has 1 atom stereocenters. The molecule has 0 amide bonds. The number of fused-ring (bicyclic) bond motifs is 1. The fourth-order valence-electron chi connectivity index (χ4n) is 4.80. The molecule has 5 rings (SSSR count). The van der Waals surface area contributed by atoms with Crippen molar-refractivity contribution in [3.8, 4) is 0 Å². The van der Waals surface area contributed by atoms with Gasteiger partial charge in [-0.15, -0.1) is 0 Å². The zero-order valence-corrected chi connectivity index (χ0v) is 19.1. The van der Waals surface area contributed by atoms with Crippen LogP contribution in [0.2, 0.25) is 5.02 Å². The topological polar surface area (TPSA) is 120 Å². The van der Waals surface area contributed by atoms with Crippen molar-refractivity contribution < 1.29 is 8.78 Å². The van der Waals surface area contributed by atoms with E-state index < -0.39 is 17.7 Å². The summed E-state index contributed by atoms with van der Waals surface area (Å²) in [5.74, 6) is -0.484. The molecule has 11 heteroatoms. The van der Waals surface area contributed by atoms with Crippen LogP contribution in [0.15, 0.2) is 40.5 Å². The summed E-state index contributed by atoms with van der Waals surface area (Å²) in [6, 6.07) is 4.04. The van der Waals surface area contributed by atoms with Crippen molar-refractivity contribution in [1.82, 2.24) is 15.0 Å². The molecular weight excluding hydrogens is 468 g/mol. The SMILES string of the molecule is Nc1nc(N2CCC3(CC2)Cc2ccc(F)c(F)c2[C@H]3N)cnc1Sc1ccnc(N)c1Cl. The Balaban J connectivity index is 1.30. The second-order valence-corrected chi connectivity index (χ2v) is 9.88. The third kappa shape index (κ3) is 3.75. The van der Waals surface area contributed by atoms with Gasteiger partial charge in [-0.05, 0) is 42.4 Å². The quantitative estimate of drug-likeness (QED) is 0.505. The summed E-state index contributed by atoms with van der Waals surface area (Å²) in [5.41, 5.74) is 19.2. The lowest BCUT2D eigenvalue weighted by Crippen LogP contribution is -2.44. The number of nitrogens with zero attached hydrogens (tertiary/aromatic N) is 4. The molecule has 0 saturated carbocycles. The van der Waals surface area contributed by atoms with Crippen LogP contribution in [0, 0.1) is 17.0 Å². The molecule has 3 heterocycles. The van der Waals surface area contributed by atoms with Crippen molar-refractivity contribution in [3.63, 3.8) is 0 Å². The van der Waals surface area contributed by atoms with Gasteiger partial charge in [0.1, 0.15) is 16.7 Å². The Bertz CT molecular complexity index is 1230. The van der Waals surface area contributed by atoms with Crippen LogP contribution in [0.4, 0.5) is 26.2 Å². The highest BCUT2D eigenvalue weighted by Crippen LogP contribution is 2.52. The number of benzene rings is 1. The molecule has 0 bridgehead atoms. The number of halogens is 3. The number of piperidine rings is 1. The highest BCUT2D eigenvalue weighted by molar-refractivity contribution is 7.99. The number of nitrogen functional groups attached to an aromatic ring is 2. The molecule has 0 radical (unpaired) electrons. The molecule has 2 aliphatic rings. The summed E-state index contributed by atoms with van der Waals surface area (Å²) >= 11 is 7.48. The first-order valence-electron chi connectivity index (χ1n) is 10.5. The summed E-state index contributed by atoms with van der Waals surface area (Å²) in [4.78, 5) is 15.7. The maximum absolute atomic E-state index is 14.4. The molecule has 33 heavy (non-hydrogen) atoms. The molecule has 3 aromatic rings. The van der Waals surface area contributed by atoms with Crippen LogP contribution in [0.3, 0.4) is 0 Å². The Hall–Kier alpha value is -2.69. The van der Waals surface area contributed by atoms with Gasteiger partial charge in [-0.2, -0.15) is 0 Å². The molecule has 1 spiro atoms. The van der Waals surface area contributed by atoms with Crippen LogP contribution in [-0.4, -0.2) is 28.0 Å². The highest BCUT2D eigenvalue weighted by atomic mass is 35.5. The zero-order chi connectivity index (χ0) is 23.3. The van der Waals surface area contributed by atoms with Gasteiger partial charge in [-0.3, -0.25) is 0 Å². The first kappa shape index (κ1) is 22.1. The molecule has 6 N–H and O–H groups in total.